The molecule has 0 aromatic rings. The molecule has 0 unspecified atom stereocenters. The summed E-state index contributed by atoms with van der Waals surface area (Å²) in [6, 6.07) is 0. The first kappa shape index (κ1) is 18.0. The predicted octanol–water partition coefficient (Wildman–Crippen LogP) is 0.551. The molecule has 1 aliphatic rings. The van der Waals surface area contributed by atoms with E-state index in [-0.39, 0.29) is 13.2 Å². The molecule has 0 amide bonds. The van der Waals surface area contributed by atoms with E-state index in [4.69, 9.17) is 20.4 Å². The smallest absolute Gasteiger partial charge is 0.0662 e. The zero-order valence-corrected chi connectivity index (χ0v) is 10.0. The van der Waals surface area contributed by atoms with Crippen LogP contribution in [-0.4, -0.2) is 46.9 Å². The molecule has 1 saturated carbocycles. The Morgan fingerprint density at radius 3 is 1.06 bits per heavy atom. The first-order chi connectivity index (χ1) is 7.78. The van der Waals surface area contributed by atoms with Gasteiger partial charge in [0.1, 0.15) is 0 Å². The van der Waals surface area contributed by atoms with Crippen LogP contribution in [0.2, 0.25) is 0 Å². The molecule has 0 aliphatic heterocycles. The summed E-state index contributed by atoms with van der Waals surface area (Å²) in [5, 5.41) is 32.8. The lowest BCUT2D eigenvalue weighted by atomic mass is 9.83. The van der Waals surface area contributed by atoms with Crippen LogP contribution in [0.15, 0.2) is 13.2 Å². The second-order valence-corrected chi connectivity index (χ2v) is 3.70. The highest BCUT2D eigenvalue weighted by atomic mass is 16.3. The summed E-state index contributed by atoms with van der Waals surface area (Å²) in [6.45, 7) is 6.41. The van der Waals surface area contributed by atoms with Crippen LogP contribution < -0.4 is 0 Å². The SMILES string of the molecule is C=C.OCC1CCC(CO)CC1.OCCO. The minimum atomic E-state index is -0.125. The Morgan fingerprint density at radius 1 is 0.688 bits per heavy atom. The van der Waals surface area contributed by atoms with E-state index < -0.39 is 0 Å². The van der Waals surface area contributed by atoms with Crippen molar-refractivity contribution >= 4 is 0 Å². The first-order valence-electron chi connectivity index (χ1n) is 5.71. The van der Waals surface area contributed by atoms with Crippen LogP contribution in [0.5, 0.6) is 0 Å². The molecular weight excluding hydrogens is 208 g/mol. The number of aliphatic hydroxyl groups is 4. The highest BCUT2D eigenvalue weighted by Gasteiger charge is 2.19. The fourth-order valence-electron chi connectivity index (χ4n) is 1.60. The van der Waals surface area contributed by atoms with Gasteiger partial charge in [-0.3, -0.25) is 0 Å². The molecule has 0 radical (unpaired) electrons. The van der Waals surface area contributed by atoms with Gasteiger partial charge in [-0.15, -0.1) is 13.2 Å². The van der Waals surface area contributed by atoms with E-state index >= 15 is 0 Å². The number of hydrogen-bond acceptors (Lipinski definition) is 4. The molecular formula is C12H26O4. The third-order valence-corrected chi connectivity index (χ3v) is 2.58. The van der Waals surface area contributed by atoms with Crippen molar-refractivity contribution in [2.75, 3.05) is 26.4 Å². The summed E-state index contributed by atoms with van der Waals surface area (Å²) in [4.78, 5) is 0. The Bertz CT molecular complexity index is 108. The van der Waals surface area contributed by atoms with E-state index in [0.29, 0.717) is 25.0 Å². The van der Waals surface area contributed by atoms with Gasteiger partial charge in [0.25, 0.3) is 0 Å². The van der Waals surface area contributed by atoms with Crippen molar-refractivity contribution in [3.8, 4) is 0 Å². The molecule has 0 atom stereocenters. The van der Waals surface area contributed by atoms with Crippen molar-refractivity contribution in [2.45, 2.75) is 25.7 Å². The molecule has 98 valence electrons. The fourth-order valence-corrected chi connectivity index (χ4v) is 1.60. The molecule has 0 aromatic carbocycles. The standard InChI is InChI=1S/C8H16O2.C2H6O2.C2H4/c9-5-7-1-2-8(6-10)4-3-7;3-1-2-4;1-2/h7-10H,1-6H2;3-4H,1-2H2;1-2H2. The molecule has 0 bridgehead atoms. The van der Waals surface area contributed by atoms with E-state index in [1.54, 1.807) is 0 Å². The van der Waals surface area contributed by atoms with E-state index in [2.05, 4.69) is 13.2 Å². The maximum absolute atomic E-state index is 8.79. The minimum absolute atomic E-state index is 0.125. The summed E-state index contributed by atoms with van der Waals surface area (Å²) in [5.74, 6) is 1.03. The van der Waals surface area contributed by atoms with Crippen LogP contribution in [0.4, 0.5) is 0 Å². The van der Waals surface area contributed by atoms with Crippen molar-refractivity contribution < 1.29 is 20.4 Å². The Hall–Kier alpha value is -0.420. The second-order valence-electron chi connectivity index (χ2n) is 3.70. The zero-order valence-electron chi connectivity index (χ0n) is 10.0. The fraction of sp³-hybridized carbons (Fsp3) is 0.833. The van der Waals surface area contributed by atoms with Crippen molar-refractivity contribution in [3.63, 3.8) is 0 Å². The molecule has 4 heteroatoms. The molecule has 0 spiro atoms. The summed E-state index contributed by atoms with van der Waals surface area (Å²) >= 11 is 0. The number of aliphatic hydroxyl groups excluding tert-OH is 4. The third-order valence-electron chi connectivity index (χ3n) is 2.58. The van der Waals surface area contributed by atoms with Gasteiger partial charge in [-0.25, -0.2) is 0 Å². The lowest BCUT2D eigenvalue weighted by Gasteiger charge is -2.25. The van der Waals surface area contributed by atoms with Crippen molar-refractivity contribution in [2.24, 2.45) is 11.8 Å². The van der Waals surface area contributed by atoms with Crippen molar-refractivity contribution in [3.05, 3.63) is 13.2 Å². The van der Waals surface area contributed by atoms with Crippen LogP contribution in [0.3, 0.4) is 0 Å². The molecule has 0 saturated heterocycles. The monoisotopic (exact) mass is 234 g/mol. The maximum Gasteiger partial charge on any atom is 0.0662 e. The van der Waals surface area contributed by atoms with Crippen LogP contribution in [0.25, 0.3) is 0 Å². The molecule has 0 aromatic heterocycles. The van der Waals surface area contributed by atoms with E-state index in [1.165, 1.54) is 0 Å². The molecule has 4 nitrogen and oxygen atoms in total. The zero-order chi connectivity index (χ0) is 12.8. The topological polar surface area (TPSA) is 80.9 Å². The molecule has 16 heavy (non-hydrogen) atoms. The first-order valence-corrected chi connectivity index (χ1v) is 5.71. The Balaban J connectivity index is 0. The lowest BCUT2D eigenvalue weighted by Crippen LogP contribution is -2.19. The Kier molecular flexibility index (Phi) is 16.4. The van der Waals surface area contributed by atoms with Gasteiger partial charge in [-0.1, -0.05) is 0 Å². The number of rotatable bonds is 3. The van der Waals surface area contributed by atoms with Gasteiger partial charge in [-0.2, -0.15) is 0 Å². The quantitative estimate of drug-likeness (QED) is 0.538. The van der Waals surface area contributed by atoms with Crippen molar-refractivity contribution in [1.29, 1.82) is 0 Å². The van der Waals surface area contributed by atoms with E-state index in [1.807, 2.05) is 0 Å². The largest absolute Gasteiger partial charge is 0.396 e. The Morgan fingerprint density at radius 2 is 0.938 bits per heavy atom. The van der Waals surface area contributed by atoms with Gasteiger partial charge in [0.15, 0.2) is 0 Å². The average Bonchev–Trinajstić information content (AvgIpc) is 2.41. The lowest BCUT2D eigenvalue weighted by molar-refractivity contribution is 0.131. The molecule has 4 N–H and O–H groups in total. The normalized spacial score (nSPS) is 23.5. The summed E-state index contributed by atoms with van der Waals surface area (Å²) in [6.07, 6.45) is 4.40. The van der Waals surface area contributed by atoms with Crippen LogP contribution in [0.1, 0.15) is 25.7 Å². The average molecular weight is 234 g/mol. The van der Waals surface area contributed by atoms with Crippen LogP contribution in [0, 0.1) is 11.8 Å². The van der Waals surface area contributed by atoms with Gasteiger partial charge in [0, 0.05) is 13.2 Å². The molecule has 1 rings (SSSR count). The van der Waals surface area contributed by atoms with E-state index in [9.17, 15) is 0 Å². The van der Waals surface area contributed by atoms with Crippen LogP contribution >= 0.6 is 0 Å². The predicted molar refractivity (Wildman–Crippen MR) is 65.0 cm³/mol. The van der Waals surface area contributed by atoms with Gasteiger partial charge in [0.2, 0.25) is 0 Å². The highest BCUT2D eigenvalue weighted by molar-refractivity contribution is 4.70. The second kappa shape index (κ2) is 14.6. The van der Waals surface area contributed by atoms with Gasteiger partial charge in [-0.05, 0) is 37.5 Å². The Labute approximate surface area is 98.2 Å². The third kappa shape index (κ3) is 10.1. The summed E-state index contributed by atoms with van der Waals surface area (Å²) in [7, 11) is 0. The minimum Gasteiger partial charge on any atom is -0.396 e. The molecule has 1 fully saturated rings. The van der Waals surface area contributed by atoms with E-state index in [0.717, 1.165) is 25.7 Å². The maximum atomic E-state index is 8.79. The molecule has 1 aliphatic carbocycles. The van der Waals surface area contributed by atoms with Gasteiger partial charge in [0.05, 0.1) is 13.2 Å². The van der Waals surface area contributed by atoms with Gasteiger partial charge < -0.3 is 20.4 Å². The van der Waals surface area contributed by atoms with Crippen LogP contribution in [-0.2, 0) is 0 Å². The number of hydrogen-bond donors (Lipinski definition) is 4. The van der Waals surface area contributed by atoms with Gasteiger partial charge >= 0.3 is 0 Å². The molecule has 0 heterocycles. The summed E-state index contributed by atoms with van der Waals surface area (Å²) < 4.78 is 0. The highest BCUT2D eigenvalue weighted by Crippen LogP contribution is 2.27. The van der Waals surface area contributed by atoms with Crippen molar-refractivity contribution in [1.82, 2.24) is 0 Å². The summed E-state index contributed by atoms with van der Waals surface area (Å²) in [5.41, 5.74) is 0.